The lowest BCUT2D eigenvalue weighted by molar-refractivity contribution is 0.104. The van der Waals surface area contributed by atoms with Crippen molar-refractivity contribution in [2.24, 2.45) is 0 Å². The third kappa shape index (κ3) is 5.02. The molecule has 0 saturated carbocycles. The van der Waals surface area contributed by atoms with Crippen LogP contribution in [-0.4, -0.2) is 20.0 Å². The molecule has 0 fully saturated rings. The number of allylic oxidation sites excluding steroid dienone is 1. The van der Waals surface area contributed by atoms with E-state index in [1.807, 2.05) is 18.2 Å². The second-order valence-corrected chi connectivity index (χ2v) is 6.19. The van der Waals surface area contributed by atoms with Gasteiger partial charge in [0.25, 0.3) is 0 Å². The van der Waals surface area contributed by atoms with E-state index in [0.29, 0.717) is 17.1 Å². The van der Waals surface area contributed by atoms with Gasteiger partial charge in [-0.25, -0.2) is 4.39 Å². The highest BCUT2D eigenvalue weighted by molar-refractivity contribution is 6.08. The molecule has 4 nitrogen and oxygen atoms in total. The summed E-state index contributed by atoms with van der Waals surface area (Å²) in [5.74, 6) is 0.722. The summed E-state index contributed by atoms with van der Waals surface area (Å²) in [6.07, 6.45) is 3.20. The first kappa shape index (κ1) is 20.1. The van der Waals surface area contributed by atoms with E-state index >= 15 is 0 Å². The van der Waals surface area contributed by atoms with E-state index in [2.05, 4.69) is 0 Å². The summed E-state index contributed by atoms with van der Waals surface area (Å²) in [7, 11) is 3.09. The summed E-state index contributed by atoms with van der Waals surface area (Å²) >= 11 is 0. The zero-order valence-corrected chi connectivity index (χ0v) is 16.2. The van der Waals surface area contributed by atoms with Crippen LogP contribution in [0.15, 0.2) is 72.8 Å². The van der Waals surface area contributed by atoms with Gasteiger partial charge in [0, 0.05) is 5.56 Å². The normalized spacial score (nSPS) is 10.7. The number of hydrogen-bond donors (Lipinski definition) is 0. The van der Waals surface area contributed by atoms with Crippen LogP contribution < -0.4 is 14.2 Å². The lowest BCUT2D eigenvalue weighted by Gasteiger charge is -2.11. The predicted octanol–water partition coefficient (Wildman–Crippen LogP) is 5.32. The number of benzene rings is 3. The average Bonchev–Trinajstić information content (AvgIpc) is 2.76. The zero-order chi connectivity index (χ0) is 20.6. The van der Waals surface area contributed by atoms with E-state index in [4.69, 9.17) is 14.2 Å². The van der Waals surface area contributed by atoms with Crippen LogP contribution in [0.2, 0.25) is 0 Å². The number of carbonyl (C=O) groups excluding carboxylic acids is 1. The molecule has 0 heterocycles. The van der Waals surface area contributed by atoms with Crippen molar-refractivity contribution in [2.75, 3.05) is 14.2 Å². The van der Waals surface area contributed by atoms with Gasteiger partial charge in [-0.1, -0.05) is 36.4 Å². The SMILES string of the molecule is COc1ccc(/C=C/C(=O)c2ccccc2OC)cc1COc1ccccc1F. The van der Waals surface area contributed by atoms with Gasteiger partial charge in [-0.15, -0.1) is 0 Å². The number of ether oxygens (including phenoxy) is 3. The number of rotatable bonds is 8. The van der Waals surface area contributed by atoms with Crippen molar-refractivity contribution in [3.63, 3.8) is 0 Å². The van der Waals surface area contributed by atoms with Crippen molar-refractivity contribution in [1.29, 1.82) is 0 Å². The van der Waals surface area contributed by atoms with Crippen LogP contribution in [0, 0.1) is 5.82 Å². The molecule has 0 N–H and O–H groups in total. The first-order valence-corrected chi connectivity index (χ1v) is 9.02. The van der Waals surface area contributed by atoms with Crippen LogP contribution in [0.4, 0.5) is 4.39 Å². The maximum atomic E-state index is 13.8. The highest BCUT2D eigenvalue weighted by atomic mass is 19.1. The van der Waals surface area contributed by atoms with Gasteiger partial charge >= 0.3 is 0 Å². The highest BCUT2D eigenvalue weighted by Gasteiger charge is 2.10. The Labute approximate surface area is 169 Å². The molecule has 0 amide bonds. The Bertz CT molecular complexity index is 1030. The zero-order valence-electron chi connectivity index (χ0n) is 16.2. The maximum Gasteiger partial charge on any atom is 0.189 e. The number of hydrogen-bond acceptors (Lipinski definition) is 4. The third-order valence-corrected chi connectivity index (χ3v) is 4.32. The molecule has 0 unspecified atom stereocenters. The summed E-state index contributed by atoms with van der Waals surface area (Å²) in [6.45, 7) is 0.131. The Morgan fingerprint density at radius 2 is 1.59 bits per heavy atom. The fourth-order valence-electron chi connectivity index (χ4n) is 2.84. The minimum Gasteiger partial charge on any atom is -0.496 e. The Hall–Kier alpha value is -3.60. The molecule has 0 atom stereocenters. The van der Waals surface area contributed by atoms with Crippen molar-refractivity contribution >= 4 is 11.9 Å². The Kier molecular flexibility index (Phi) is 6.63. The first-order valence-electron chi connectivity index (χ1n) is 9.02. The second-order valence-electron chi connectivity index (χ2n) is 6.19. The van der Waals surface area contributed by atoms with E-state index in [-0.39, 0.29) is 18.1 Å². The molecule has 0 radical (unpaired) electrons. The molecule has 3 aromatic rings. The first-order chi connectivity index (χ1) is 14.1. The fourth-order valence-corrected chi connectivity index (χ4v) is 2.84. The van der Waals surface area contributed by atoms with Gasteiger partial charge in [-0.3, -0.25) is 4.79 Å². The topological polar surface area (TPSA) is 44.8 Å². The molecule has 0 aromatic heterocycles. The second kappa shape index (κ2) is 9.55. The van der Waals surface area contributed by atoms with E-state index in [9.17, 15) is 9.18 Å². The predicted molar refractivity (Wildman–Crippen MR) is 110 cm³/mol. The Balaban J connectivity index is 1.78. The van der Waals surface area contributed by atoms with Crippen LogP contribution in [0.3, 0.4) is 0 Å². The maximum absolute atomic E-state index is 13.8. The number of halogens is 1. The molecule has 0 spiro atoms. The number of carbonyl (C=O) groups is 1. The molecule has 0 bridgehead atoms. The van der Waals surface area contributed by atoms with Crippen LogP contribution in [0.25, 0.3) is 6.08 Å². The van der Waals surface area contributed by atoms with Crippen LogP contribution in [-0.2, 0) is 6.61 Å². The van der Waals surface area contributed by atoms with E-state index in [1.165, 1.54) is 19.3 Å². The van der Waals surface area contributed by atoms with Crippen molar-refractivity contribution in [3.05, 3.63) is 95.3 Å². The molecule has 0 aliphatic rings. The molecule has 148 valence electrons. The van der Waals surface area contributed by atoms with Gasteiger partial charge in [0.1, 0.15) is 18.1 Å². The minimum absolute atomic E-state index is 0.131. The smallest absolute Gasteiger partial charge is 0.189 e. The monoisotopic (exact) mass is 392 g/mol. The van der Waals surface area contributed by atoms with E-state index in [0.717, 1.165) is 11.1 Å². The lowest BCUT2D eigenvalue weighted by Crippen LogP contribution is -2.01. The van der Waals surface area contributed by atoms with Gasteiger partial charge in [0.15, 0.2) is 17.3 Å². The number of para-hydroxylation sites is 2. The average molecular weight is 392 g/mol. The summed E-state index contributed by atoms with van der Waals surface area (Å²) < 4.78 is 30.0. The minimum atomic E-state index is -0.426. The van der Waals surface area contributed by atoms with Gasteiger partial charge < -0.3 is 14.2 Å². The van der Waals surface area contributed by atoms with Crippen molar-refractivity contribution < 1.29 is 23.4 Å². The molecule has 0 aliphatic heterocycles. The van der Waals surface area contributed by atoms with Gasteiger partial charge in [0.05, 0.1) is 19.8 Å². The van der Waals surface area contributed by atoms with E-state index < -0.39 is 5.82 Å². The molecular formula is C24H21FO4. The van der Waals surface area contributed by atoms with Crippen LogP contribution in [0.1, 0.15) is 21.5 Å². The summed E-state index contributed by atoms with van der Waals surface area (Å²) in [4.78, 5) is 12.5. The van der Waals surface area contributed by atoms with E-state index in [1.54, 1.807) is 55.7 Å². The molecule has 29 heavy (non-hydrogen) atoms. The standard InChI is InChI=1S/C24H21FO4/c1-27-22-14-12-17(11-13-21(26)19-7-3-5-9-23(19)28-2)15-18(22)16-29-24-10-6-4-8-20(24)25/h3-15H,16H2,1-2H3/b13-11+. The fraction of sp³-hybridized carbons (Fsp3) is 0.125. The molecule has 5 heteroatoms. The third-order valence-electron chi connectivity index (χ3n) is 4.32. The largest absolute Gasteiger partial charge is 0.496 e. The molecule has 3 rings (SSSR count). The van der Waals surface area contributed by atoms with Gasteiger partial charge in [-0.05, 0) is 48.0 Å². The van der Waals surface area contributed by atoms with Crippen molar-refractivity contribution in [3.8, 4) is 17.2 Å². The molecule has 0 aliphatic carbocycles. The van der Waals surface area contributed by atoms with Crippen LogP contribution >= 0.6 is 0 Å². The molecule has 0 saturated heterocycles. The van der Waals surface area contributed by atoms with Crippen molar-refractivity contribution in [2.45, 2.75) is 6.61 Å². The van der Waals surface area contributed by atoms with Gasteiger partial charge in [-0.2, -0.15) is 0 Å². The lowest BCUT2D eigenvalue weighted by atomic mass is 10.1. The Morgan fingerprint density at radius 1 is 0.897 bits per heavy atom. The molecular weight excluding hydrogens is 371 g/mol. The quantitative estimate of drug-likeness (QED) is 0.385. The summed E-state index contributed by atoms with van der Waals surface area (Å²) in [6, 6.07) is 18.7. The van der Waals surface area contributed by atoms with Crippen molar-refractivity contribution in [1.82, 2.24) is 0 Å². The summed E-state index contributed by atoms with van der Waals surface area (Å²) in [5.41, 5.74) is 2.02. The van der Waals surface area contributed by atoms with Gasteiger partial charge in [0.2, 0.25) is 0 Å². The summed E-state index contributed by atoms with van der Waals surface area (Å²) in [5, 5.41) is 0. The van der Waals surface area contributed by atoms with Crippen LogP contribution in [0.5, 0.6) is 17.2 Å². The Morgan fingerprint density at radius 3 is 2.31 bits per heavy atom. The highest BCUT2D eigenvalue weighted by Crippen LogP contribution is 2.24. The number of methoxy groups -OCH3 is 2. The number of ketones is 1. The molecule has 3 aromatic carbocycles.